The van der Waals surface area contributed by atoms with E-state index in [0.29, 0.717) is 6.54 Å². The second-order valence-electron chi connectivity index (χ2n) is 5.72. The van der Waals surface area contributed by atoms with Crippen molar-refractivity contribution in [3.8, 4) is 0 Å². The van der Waals surface area contributed by atoms with E-state index in [0.717, 1.165) is 18.4 Å². The molecule has 2 N–H and O–H groups in total. The van der Waals surface area contributed by atoms with E-state index in [1.54, 1.807) is 0 Å². The molecule has 2 amide bonds. The molecule has 1 rings (SSSR count). The Hall–Kier alpha value is -2.30. The van der Waals surface area contributed by atoms with E-state index in [4.69, 9.17) is 4.74 Å². The largest absolute Gasteiger partial charge is 0.445 e. The Morgan fingerprint density at radius 1 is 1.25 bits per heavy atom. The van der Waals surface area contributed by atoms with Gasteiger partial charge in [-0.05, 0) is 24.8 Å². The van der Waals surface area contributed by atoms with Gasteiger partial charge in [0, 0.05) is 6.54 Å². The maximum atomic E-state index is 12.3. The zero-order valence-corrected chi connectivity index (χ0v) is 14.7. The molecular weight excluding hydrogens is 304 g/mol. The summed E-state index contributed by atoms with van der Waals surface area (Å²) in [5.41, 5.74) is 0.906. The summed E-state index contributed by atoms with van der Waals surface area (Å²) >= 11 is 0. The summed E-state index contributed by atoms with van der Waals surface area (Å²) in [6.07, 6.45) is 4.91. The molecule has 0 saturated heterocycles. The number of carbonyl (C=O) groups excluding carboxylic acids is 2. The van der Waals surface area contributed by atoms with Crippen molar-refractivity contribution in [1.29, 1.82) is 0 Å². The first kappa shape index (κ1) is 19.7. The molecule has 5 nitrogen and oxygen atoms in total. The smallest absolute Gasteiger partial charge is 0.408 e. The second kappa shape index (κ2) is 11.3. The van der Waals surface area contributed by atoms with Crippen LogP contribution in [0.25, 0.3) is 0 Å². The minimum atomic E-state index is -0.594. The third-order valence-electron chi connectivity index (χ3n) is 3.83. The van der Waals surface area contributed by atoms with Gasteiger partial charge >= 0.3 is 6.09 Å². The monoisotopic (exact) mass is 332 g/mol. The number of hydrogen-bond acceptors (Lipinski definition) is 3. The molecule has 0 saturated carbocycles. The van der Waals surface area contributed by atoms with E-state index in [2.05, 4.69) is 10.6 Å². The van der Waals surface area contributed by atoms with Gasteiger partial charge in [0.1, 0.15) is 12.6 Å². The van der Waals surface area contributed by atoms with Crippen molar-refractivity contribution in [3.05, 3.63) is 48.0 Å². The van der Waals surface area contributed by atoms with Gasteiger partial charge < -0.3 is 15.4 Å². The molecule has 0 unspecified atom stereocenters. The van der Waals surface area contributed by atoms with Crippen molar-refractivity contribution in [2.24, 2.45) is 5.92 Å². The molecule has 0 aliphatic carbocycles. The highest BCUT2D eigenvalue weighted by atomic mass is 16.5. The fraction of sp³-hybridized carbons (Fsp3) is 0.474. The molecule has 0 aromatic heterocycles. The fourth-order valence-electron chi connectivity index (χ4n) is 2.15. The number of amides is 2. The van der Waals surface area contributed by atoms with Crippen molar-refractivity contribution in [2.45, 2.75) is 46.3 Å². The lowest BCUT2D eigenvalue weighted by atomic mass is 9.98. The Labute approximate surface area is 144 Å². The van der Waals surface area contributed by atoms with Crippen molar-refractivity contribution in [2.75, 3.05) is 6.54 Å². The molecular formula is C19H28N2O3. The van der Waals surface area contributed by atoms with Gasteiger partial charge in [-0.25, -0.2) is 4.79 Å². The SMILES string of the molecule is C/C=C/CCNC(=O)[C@@H](NC(=O)OCc1ccccc1)[C@@H](C)CC. The molecule has 0 fully saturated rings. The molecule has 0 bridgehead atoms. The van der Waals surface area contributed by atoms with Gasteiger partial charge in [0.2, 0.25) is 5.91 Å². The zero-order valence-electron chi connectivity index (χ0n) is 14.7. The first-order chi connectivity index (χ1) is 11.6. The predicted molar refractivity (Wildman–Crippen MR) is 95.4 cm³/mol. The van der Waals surface area contributed by atoms with Gasteiger partial charge in [-0.1, -0.05) is 62.8 Å². The van der Waals surface area contributed by atoms with Crippen LogP contribution in [-0.2, 0) is 16.1 Å². The molecule has 132 valence electrons. The standard InChI is InChI=1S/C19H28N2O3/c1-4-6-10-13-20-18(22)17(15(3)5-2)21-19(23)24-14-16-11-8-7-9-12-16/h4,6-9,11-12,15,17H,5,10,13-14H2,1-3H3,(H,20,22)(H,21,23)/b6-4+/t15-,17-/m0/s1. The third-order valence-corrected chi connectivity index (χ3v) is 3.83. The lowest BCUT2D eigenvalue weighted by Crippen LogP contribution is -2.50. The number of allylic oxidation sites excluding steroid dienone is 1. The zero-order chi connectivity index (χ0) is 17.8. The summed E-state index contributed by atoms with van der Waals surface area (Å²) in [5.74, 6) is -0.151. The van der Waals surface area contributed by atoms with Crippen molar-refractivity contribution in [1.82, 2.24) is 10.6 Å². The average Bonchev–Trinajstić information content (AvgIpc) is 2.61. The van der Waals surface area contributed by atoms with E-state index in [1.807, 2.05) is 63.3 Å². The maximum Gasteiger partial charge on any atom is 0.408 e. The highest BCUT2D eigenvalue weighted by Crippen LogP contribution is 2.09. The molecule has 24 heavy (non-hydrogen) atoms. The van der Waals surface area contributed by atoms with Crippen LogP contribution in [0.15, 0.2) is 42.5 Å². The van der Waals surface area contributed by atoms with Crippen LogP contribution in [0.3, 0.4) is 0 Å². The number of nitrogens with one attached hydrogen (secondary N) is 2. The molecule has 0 spiro atoms. The highest BCUT2D eigenvalue weighted by molar-refractivity contribution is 5.85. The number of ether oxygens (including phenoxy) is 1. The summed E-state index contributed by atoms with van der Waals surface area (Å²) in [7, 11) is 0. The molecule has 0 heterocycles. The summed E-state index contributed by atoms with van der Waals surface area (Å²) < 4.78 is 5.21. The summed E-state index contributed by atoms with van der Waals surface area (Å²) in [4.78, 5) is 24.3. The minimum absolute atomic E-state index is 0.0241. The summed E-state index contributed by atoms with van der Waals surface area (Å²) in [5, 5.41) is 5.54. The van der Waals surface area contributed by atoms with E-state index in [9.17, 15) is 9.59 Å². The molecule has 5 heteroatoms. The topological polar surface area (TPSA) is 67.4 Å². The number of hydrogen-bond donors (Lipinski definition) is 2. The van der Waals surface area contributed by atoms with Crippen LogP contribution < -0.4 is 10.6 Å². The van der Waals surface area contributed by atoms with Gasteiger partial charge in [-0.2, -0.15) is 0 Å². The minimum Gasteiger partial charge on any atom is -0.445 e. The van der Waals surface area contributed by atoms with Crippen molar-refractivity contribution < 1.29 is 14.3 Å². The molecule has 1 aromatic carbocycles. The Morgan fingerprint density at radius 2 is 1.96 bits per heavy atom. The number of alkyl carbamates (subject to hydrolysis) is 1. The van der Waals surface area contributed by atoms with Crippen LogP contribution in [0.4, 0.5) is 4.79 Å². The van der Waals surface area contributed by atoms with Crippen molar-refractivity contribution in [3.63, 3.8) is 0 Å². The second-order valence-corrected chi connectivity index (χ2v) is 5.72. The van der Waals surface area contributed by atoms with Gasteiger partial charge in [0.15, 0.2) is 0 Å². The van der Waals surface area contributed by atoms with Crippen LogP contribution in [0.1, 0.15) is 39.2 Å². The van der Waals surface area contributed by atoms with Gasteiger partial charge in [0.05, 0.1) is 0 Å². The van der Waals surface area contributed by atoms with Crippen LogP contribution in [0.5, 0.6) is 0 Å². The van der Waals surface area contributed by atoms with Crippen LogP contribution >= 0.6 is 0 Å². The number of benzene rings is 1. The molecule has 0 radical (unpaired) electrons. The van der Waals surface area contributed by atoms with Gasteiger partial charge in [-0.3, -0.25) is 4.79 Å². The Bertz CT molecular complexity index is 529. The number of rotatable bonds is 9. The lowest BCUT2D eigenvalue weighted by molar-refractivity contribution is -0.124. The lowest BCUT2D eigenvalue weighted by Gasteiger charge is -2.23. The summed E-state index contributed by atoms with van der Waals surface area (Å²) in [6.45, 7) is 6.60. The molecule has 2 atom stereocenters. The van der Waals surface area contributed by atoms with Crippen molar-refractivity contribution >= 4 is 12.0 Å². The van der Waals surface area contributed by atoms with E-state index < -0.39 is 12.1 Å². The van der Waals surface area contributed by atoms with Crippen LogP contribution in [0.2, 0.25) is 0 Å². The number of carbonyl (C=O) groups is 2. The maximum absolute atomic E-state index is 12.3. The van der Waals surface area contributed by atoms with E-state index >= 15 is 0 Å². The Morgan fingerprint density at radius 3 is 2.58 bits per heavy atom. The molecule has 1 aromatic rings. The van der Waals surface area contributed by atoms with Crippen LogP contribution in [0, 0.1) is 5.92 Å². The average molecular weight is 332 g/mol. The van der Waals surface area contributed by atoms with Crippen LogP contribution in [-0.4, -0.2) is 24.6 Å². The predicted octanol–water partition coefficient (Wildman–Crippen LogP) is 3.41. The quantitative estimate of drug-likeness (QED) is 0.538. The first-order valence-corrected chi connectivity index (χ1v) is 8.44. The Kier molecular flexibility index (Phi) is 9.27. The Balaban J connectivity index is 2.51. The first-order valence-electron chi connectivity index (χ1n) is 8.44. The normalized spacial score (nSPS) is 13.3. The van der Waals surface area contributed by atoms with E-state index in [1.165, 1.54) is 0 Å². The van der Waals surface area contributed by atoms with Gasteiger partial charge in [-0.15, -0.1) is 0 Å². The molecule has 0 aliphatic heterocycles. The van der Waals surface area contributed by atoms with E-state index in [-0.39, 0.29) is 18.4 Å². The van der Waals surface area contributed by atoms with Gasteiger partial charge in [0.25, 0.3) is 0 Å². The highest BCUT2D eigenvalue weighted by Gasteiger charge is 2.26. The fourth-order valence-corrected chi connectivity index (χ4v) is 2.15. The molecule has 0 aliphatic rings. The third kappa shape index (κ3) is 7.31. The summed E-state index contributed by atoms with van der Waals surface area (Å²) in [6, 6.07) is 8.85.